The molecule has 162 valence electrons. The van der Waals surface area contributed by atoms with E-state index in [1.807, 2.05) is 30.3 Å². The third-order valence-corrected chi connectivity index (χ3v) is 6.27. The topological polar surface area (TPSA) is 39.2 Å². The molecule has 2 aromatic rings. The maximum Gasteiger partial charge on any atom is 0.119 e. The van der Waals surface area contributed by atoms with Crippen LogP contribution in [-0.4, -0.2) is 91.4 Å². The number of aliphatic hydroxyl groups excluding tert-OH is 1. The summed E-state index contributed by atoms with van der Waals surface area (Å²) in [6, 6.07) is 18.4. The van der Waals surface area contributed by atoms with Crippen molar-refractivity contribution in [3.05, 3.63) is 54.6 Å². The normalized spacial score (nSPS) is 19.8. The van der Waals surface area contributed by atoms with Crippen molar-refractivity contribution in [2.75, 3.05) is 65.5 Å². The lowest BCUT2D eigenvalue weighted by molar-refractivity contribution is 0.0446. The molecule has 2 aromatic carbocycles. The molecule has 0 radical (unpaired) electrons. The van der Waals surface area contributed by atoms with Crippen LogP contribution >= 0.6 is 0 Å². The summed E-state index contributed by atoms with van der Waals surface area (Å²) in [6.07, 6.45) is 2.27. The quantitative estimate of drug-likeness (QED) is 0.690. The molecule has 2 heterocycles. The standard InChI is InChI=1S/C25H35N3O2/c29-24(20-28-18-16-27(17-19-28)15-14-26-12-4-5-13-26)21-30-25-10-8-23(9-11-25)22-6-2-1-3-7-22/h1-3,6-11,24,29H,4-5,12-21H2/t24-/m1/s1. The van der Waals surface area contributed by atoms with Gasteiger partial charge in [0, 0.05) is 45.8 Å². The highest BCUT2D eigenvalue weighted by atomic mass is 16.5. The molecule has 0 amide bonds. The smallest absolute Gasteiger partial charge is 0.119 e. The third-order valence-electron chi connectivity index (χ3n) is 6.27. The second kappa shape index (κ2) is 10.9. The van der Waals surface area contributed by atoms with E-state index in [4.69, 9.17) is 4.74 Å². The van der Waals surface area contributed by atoms with Crippen LogP contribution in [0.25, 0.3) is 11.1 Å². The van der Waals surface area contributed by atoms with Crippen molar-refractivity contribution in [1.82, 2.24) is 14.7 Å². The van der Waals surface area contributed by atoms with Crippen LogP contribution in [0.15, 0.2) is 54.6 Å². The fraction of sp³-hybridized carbons (Fsp3) is 0.520. The zero-order chi connectivity index (χ0) is 20.6. The Morgan fingerprint density at radius 3 is 1.93 bits per heavy atom. The zero-order valence-corrected chi connectivity index (χ0v) is 18.0. The molecule has 2 saturated heterocycles. The predicted octanol–water partition coefficient (Wildman–Crippen LogP) is 2.81. The van der Waals surface area contributed by atoms with Crippen molar-refractivity contribution in [2.45, 2.75) is 18.9 Å². The first-order chi connectivity index (χ1) is 14.8. The minimum atomic E-state index is -0.463. The van der Waals surface area contributed by atoms with E-state index in [0.717, 1.165) is 31.9 Å². The molecule has 4 rings (SSSR count). The molecule has 5 nitrogen and oxygen atoms in total. The summed E-state index contributed by atoms with van der Waals surface area (Å²) in [7, 11) is 0. The molecular weight excluding hydrogens is 374 g/mol. The highest BCUT2D eigenvalue weighted by Crippen LogP contribution is 2.22. The summed E-state index contributed by atoms with van der Waals surface area (Å²) in [6.45, 7) is 10.2. The number of ether oxygens (including phenoxy) is 1. The molecule has 1 atom stereocenters. The van der Waals surface area contributed by atoms with E-state index in [1.54, 1.807) is 0 Å². The Bertz CT molecular complexity index is 739. The lowest BCUT2D eigenvalue weighted by Crippen LogP contribution is -2.50. The van der Waals surface area contributed by atoms with Crippen molar-refractivity contribution in [3.8, 4) is 16.9 Å². The summed E-state index contributed by atoms with van der Waals surface area (Å²) in [5.41, 5.74) is 2.37. The van der Waals surface area contributed by atoms with E-state index < -0.39 is 6.10 Å². The van der Waals surface area contributed by atoms with E-state index in [1.165, 1.54) is 50.1 Å². The Labute approximate surface area is 180 Å². The van der Waals surface area contributed by atoms with Crippen LogP contribution in [-0.2, 0) is 0 Å². The van der Waals surface area contributed by atoms with Gasteiger partial charge in [-0.3, -0.25) is 9.80 Å². The number of piperazine rings is 1. The molecule has 30 heavy (non-hydrogen) atoms. The number of rotatable bonds is 9. The second-order valence-corrected chi connectivity index (χ2v) is 8.55. The number of hydrogen-bond donors (Lipinski definition) is 1. The van der Waals surface area contributed by atoms with Crippen molar-refractivity contribution in [1.29, 1.82) is 0 Å². The Morgan fingerprint density at radius 2 is 1.27 bits per heavy atom. The predicted molar refractivity (Wildman–Crippen MR) is 122 cm³/mol. The van der Waals surface area contributed by atoms with Crippen LogP contribution in [0.2, 0.25) is 0 Å². The third kappa shape index (κ3) is 6.29. The first-order valence-electron chi connectivity index (χ1n) is 11.4. The first kappa shape index (κ1) is 21.3. The van der Waals surface area contributed by atoms with Gasteiger partial charge in [0.1, 0.15) is 18.5 Å². The molecule has 2 fully saturated rings. The van der Waals surface area contributed by atoms with Crippen molar-refractivity contribution in [2.24, 2.45) is 0 Å². The number of hydrogen-bond acceptors (Lipinski definition) is 5. The van der Waals surface area contributed by atoms with Gasteiger partial charge < -0.3 is 14.7 Å². The van der Waals surface area contributed by atoms with Crippen LogP contribution < -0.4 is 4.74 Å². The molecule has 0 aromatic heterocycles. The summed E-state index contributed by atoms with van der Waals surface area (Å²) in [4.78, 5) is 7.50. The number of aliphatic hydroxyl groups is 1. The van der Waals surface area contributed by atoms with Gasteiger partial charge in [0.25, 0.3) is 0 Å². The van der Waals surface area contributed by atoms with E-state index in [9.17, 15) is 5.11 Å². The average molecular weight is 410 g/mol. The van der Waals surface area contributed by atoms with Gasteiger partial charge in [0.2, 0.25) is 0 Å². The van der Waals surface area contributed by atoms with Crippen molar-refractivity contribution >= 4 is 0 Å². The number of likely N-dealkylation sites (tertiary alicyclic amines) is 1. The lowest BCUT2D eigenvalue weighted by atomic mass is 10.1. The summed E-state index contributed by atoms with van der Waals surface area (Å²) >= 11 is 0. The van der Waals surface area contributed by atoms with E-state index >= 15 is 0 Å². The fourth-order valence-corrected chi connectivity index (χ4v) is 4.40. The van der Waals surface area contributed by atoms with Gasteiger partial charge in [-0.1, -0.05) is 42.5 Å². The molecule has 5 heteroatoms. The molecule has 2 aliphatic heterocycles. The molecule has 1 N–H and O–H groups in total. The van der Waals surface area contributed by atoms with Gasteiger partial charge in [-0.2, -0.15) is 0 Å². The number of benzene rings is 2. The lowest BCUT2D eigenvalue weighted by Gasteiger charge is -2.36. The minimum Gasteiger partial charge on any atom is -0.491 e. The first-order valence-corrected chi connectivity index (χ1v) is 11.4. The molecular formula is C25H35N3O2. The fourth-order valence-electron chi connectivity index (χ4n) is 4.40. The molecule has 0 aliphatic carbocycles. The highest BCUT2D eigenvalue weighted by Gasteiger charge is 2.20. The molecule has 0 bridgehead atoms. The number of β-amino-alcohol motifs (C(OH)–C–C–N with tert-alkyl or cyclic N) is 1. The monoisotopic (exact) mass is 409 g/mol. The van der Waals surface area contributed by atoms with E-state index in [2.05, 4.69) is 39.0 Å². The largest absolute Gasteiger partial charge is 0.491 e. The molecule has 0 spiro atoms. The zero-order valence-electron chi connectivity index (χ0n) is 18.0. The minimum absolute atomic E-state index is 0.333. The van der Waals surface area contributed by atoms with Gasteiger partial charge in [-0.25, -0.2) is 0 Å². The average Bonchev–Trinajstić information content (AvgIpc) is 3.32. The molecule has 2 aliphatic rings. The van der Waals surface area contributed by atoms with Crippen LogP contribution in [0.3, 0.4) is 0 Å². The second-order valence-electron chi connectivity index (χ2n) is 8.55. The van der Waals surface area contributed by atoms with Crippen LogP contribution in [0.5, 0.6) is 5.75 Å². The van der Waals surface area contributed by atoms with Crippen LogP contribution in [0.4, 0.5) is 0 Å². The summed E-state index contributed by atoms with van der Waals surface area (Å²) < 4.78 is 5.82. The van der Waals surface area contributed by atoms with Crippen LogP contribution in [0.1, 0.15) is 12.8 Å². The highest BCUT2D eigenvalue weighted by molar-refractivity contribution is 5.63. The van der Waals surface area contributed by atoms with Gasteiger partial charge in [-0.15, -0.1) is 0 Å². The SMILES string of the molecule is O[C@@H](COc1ccc(-c2ccccc2)cc1)CN1CCN(CCN2CCCC2)CC1. The maximum absolute atomic E-state index is 10.4. The Balaban J connectivity index is 1.13. The van der Waals surface area contributed by atoms with E-state index in [0.29, 0.717) is 13.2 Å². The Hall–Kier alpha value is -1.92. The van der Waals surface area contributed by atoms with Gasteiger partial charge >= 0.3 is 0 Å². The summed E-state index contributed by atoms with van der Waals surface area (Å²) in [5.74, 6) is 0.806. The van der Waals surface area contributed by atoms with Gasteiger partial charge in [-0.05, 0) is 49.2 Å². The molecule has 0 saturated carbocycles. The van der Waals surface area contributed by atoms with Gasteiger partial charge in [0.15, 0.2) is 0 Å². The van der Waals surface area contributed by atoms with Crippen LogP contribution in [0, 0.1) is 0 Å². The van der Waals surface area contributed by atoms with E-state index in [-0.39, 0.29) is 0 Å². The maximum atomic E-state index is 10.4. The van der Waals surface area contributed by atoms with Gasteiger partial charge in [0.05, 0.1) is 0 Å². The Kier molecular flexibility index (Phi) is 7.76. The van der Waals surface area contributed by atoms with Crippen molar-refractivity contribution < 1.29 is 9.84 Å². The summed E-state index contributed by atoms with van der Waals surface area (Å²) in [5, 5.41) is 10.4. The molecule has 0 unspecified atom stereocenters. The van der Waals surface area contributed by atoms with Crippen molar-refractivity contribution in [3.63, 3.8) is 0 Å². The number of nitrogens with zero attached hydrogens (tertiary/aromatic N) is 3. The Morgan fingerprint density at radius 1 is 0.700 bits per heavy atom.